The SMILES string of the molecule is Cc1nc(N2CC3CCC(C2)O3)ncc1CO. The lowest BCUT2D eigenvalue weighted by atomic mass is 10.2. The molecule has 5 heteroatoms. The van der Waals surface area contributed by atoms with Gasteiger partial charge in [-0.3, -0.25) is 0 Å². The Balaban J connectivity index is 1.82. The number of nitrogens with zero attached hydrogens (tertiary/aromatic N) is 3. The normalized spacial score (nSPS) is 27.5. The van der Waals surface area contributed by atoms with Crippen LogP contribution < -0.4 is 4.90 Å². The average molecular weight is 235 g/mol. The second kappa shape index (κ2) is 4.23. The van der Waals surface area contributed by atoms with Crippen molar-refractivity contribution in [3.8, 4) is 0 Å². The van der Waals surface area contributed by atoms with E-state index in [4.69, 9.17) is 9.84 Å². The summed E-state index contributed by atoms with van der Waals surface area (Å²) in [5.41, 5.74) is 1.65. The number of aliphatic hydroxyl groups is 1. The zero-order valence-electron chi connectivity index (χ0n) is 9.96. The molecule has 0 amide bonds. The molecular formula is C12H17N3O2. The van der Waals surface area contributed by atoms with Gasteiger partial charge in [0.25, 0.3) is 0 Å². The molecule has 0 saturated carbocycles. The summed E-state index contributed by atoms with van der Waals surface area (Å²) in [7, 11) is 0. The number of morpholine rings is 1. The molecule has 3 heterocycles. The summed E-state index contributed by atoms with van der Waals surface area (Å²) < 4.78 is 5.79. The number of hydrogen-bond acceptors (Lipinski definition) is 5. The molecule has 0 aliphatic carbocycles. The fraction of sp³-hybridized carbons (Fsp3) is 0.667. The fourth-order valence-corrected chi connectivity index (χ4v) is 2.57. The summed E-state index contributed by atoms with van der Waals surface area (Å²) in [5.74, 6) is 0.764. The number of anilines is 1. The van der Waals surface area contributed by atoms with Gasteiger partial charge in [0, 0.05) is 30.5 Å². The van der Waals surface area contributed by atoms with Gasteiger partial charge in [-0.15, -0.1) is 0 Å². The van der Waals surface area contributed by atoms with Crippen molar-refractivity contribution in [2.75, 3.05) is 18.0 Å². The summed E-state index contributed by atoms with van der Waals surface area (Å²) in [4.78, 5) is 11.0. The van der Waals surface area contributed by atoms with Crippen LogP contribution in [-0.4, -0.2) is 40.4 Å². The van der Waals surface area contributed by atoms with Gasteiger partial charge in [0.1, 0.15) is 0 Å². The van der Waals surface area contributed by atoms with Crippen LogP contribution in [0.2, 0.25) is 0 Å². The van der Waals surface area contributed by atoms with E-state index in [0.717, 1.165) is 43.1 Å². The van der Waals surface area contributed by atoms with Crippen LogP contribution in [0.15, 0.2) is 6.20 Å². The minimum Gasteiger partial charge on any atom is -0.392 e. The third-order valence-corrected chi connectivity index (χ3v) is 3.57. The molecule has 0 radical (unpaired) electrons. The van der Waals surface area contributed by atoms with Crippen molar-refractivity contribution in [1.82, 2.24) is 9.97 Å². The van der Waals surface area contributed by atoms with Crippen LogP contribution in [0.5, 0.6) is 0 Å². The maximum absolute atomic E-state index is 9.10. The Hall–Kier alpha value is -1.20. The highest BCUT2D eigenvalue weighted by Gasteiger charge is 2.34. The fourth-order valence-electron chi connectivity index (χ4n) is 2.57. The lowest BCUT2D eigenvalue weighted by Gasteiger charge is -2.32. The predicted molar refractivity (Wildman–Crippen MR) is 62.8 cm³/mol. The molecule has 2 aliphatic heterocycles. The minimum absolute atomic E-state index is 0.000471. The lowest BCUT2D eigenvalue weighted by molar-refractivity contribution is 0.0299. The molecule has 2 aliphatic rings. The molecule has 17 heavy (non-hydrogen) atoms. The quantitative estimate of drug-likeness (QED) is 0.815. The van der Waals surface area contributed by atoms with Crippen LogP contribution in [0.25, 0.3) is 0 Å². The molecule has 0 aromatic carbocycles. The van der Waals surface area contributed by atoms with Gasteiger partial charge >= 0.3 is 0 Å². The van der Waals surface area contributed by atoms with Gasteiger partial charge in [-0.2, -0.15) is 0 Å². The number of ether oxygens (including phenoxy) is 1. The second-order valence-corrected chi connectivity index (χ2v) is 4.80. The van der Waals surface area contributed by atoms with E-state index in [1.807, 2.05) is 6.92 Å². The van der Waals surface area contributed by atoms with Crippen LogP contribution in [0.1, 0.15) is 24.1 Å². The van der Waals surface area contributed by atoms with E-state index >= 15 is 0 Å². The smallest absolute Gasteiger partial charge is 0.225 e. The first kappa shape index (κ1) is 10.9. The number of aromatic nitrogens is 2. The zero-order valence-corrected chi connectivity index (χ0v) is 9.96. The highest BCUT2D eigenvalue weighted by Crippen LogP contribution is 2.28. The largest absolute Gasteiger partial charge is 0.392 e. The van der Waals surface area contributed by atoms with Gasteiger partial charge < -0.3 is 14.7 Å². The van der Waals surface area contributed by atoms with E-state index in [0.29, 0.717) is 12.2 Å². The van der Waals surface area contributed by atoms with Crippen molar-refractivity contribution in [1.29, 1.82) is 0 Å². The molecule has 2 fully saturated rings. The van der Waals surface area contributed by atoms with Crippen LogP contribution in [0.3, 0.4) is 0 Å². The summed E-state index contributed by atoms with van der Waals surface area (Å²) in [6, 6.07) is 0. The molecule has 2 saturated heterocycles. The maximum Gasteiger partial charge on any atom is 0.225 e. The molecule has 2 bridgehead atoms. The molecule has 92 valence electrons. The van der Waals surface area contributed by atoms with Gasteiger partial charge in [-0.1, -0.05) is 0 Å². The summed E-state index contributed by atoms with van der Waals surface area (Å²) in [5, 5.41) is 9.10. The minimum atomic E-state index is 0.000471. The Bertz CT molecular complexity index is 412. The first-order valence-electron chi connectivity index (χ1n) is 6.10. The first-order valence-corrected chi connectivity index (χ1v) is 6.10. The second-order valence-electron chi connectivity index (χ2n) is 4.80. The van der Waals surface area contributed by atoms with E-state index < -0.39 is 0 Å². The Morgan fingerprint density at radius 3 is 2.71 bits per heavy atom. The molecule has 1 aromatic rings. The van der Waals surface area contributed by atoms with Gasteiger partial charge in [0.15, 0.2) is 0 Å². The summed E-state index contributed by atoms with van der Waals surface area (Å²) >= 11 is 0. The monoisotopic (exact) mass is 235 g/mol. The number of aliphatic hydroxyl groups excluding tert-OH is 1. The zero-order chi connectivity index (χ0) is 11.8. The maximum atomic E-state index is 9.10. The number of hydrogen-bond donors (Lipinski definition) is 1. The van der Waals surface area contributed by atoms with Gasteiger partial charge in [-0.25, -0.2) is 9.97 Å². The van der Waals surface area contributed by atoms with Crippen molar-refractivity contribution in [3.63, 3.8) is 0 Å². The highest BCUT2D eigenvalue weighted by atomic mass is 16.5. The van der Waals surface area contributed by atoms with Crippen molar-refractivity contribution < 1.29 is 9.84 Å². The topological polar surface area (TPSA) is 58.5 Å². The molecule has 3 rings (SSSR count). The standard InChI is InChI=1S/C12H17N3O2/c1-8-9(7-16)4-13-12(14-8)15-5-10-2-3-11(6-15)17-10/h4,10-11,16H,2-3,5-7H2,1H3. The molecule has 2 unspecified atom stereocenters. The molecule has 2 atom stereocenters. The van der Waals surface area contributed by atoms with E-state index in [1.54, 1.807) is 6.20 Å². The van der Waals surface area contributed by atoms with E-state index in [9.17, 15) is 0 Å². The molecule has 1 N–H and O–H groups in total. The third kappa shape index (κ3) is 2.00. The predicted octanol–water partition coefficient (Wildman–Crippen LogP) is 0.645. The van der Waals surface area contributed by atoms with E-state index in [1.165, 1.54) is 0 Å². The summed E-state index contributed by atoms with van der Waals surface area (Å²) in [6.07, 6.45) is 4.70. The van der Waals surface area contributed by atoms with Crippen molar-refractivity contribution >= 4 is 5.95 Å². The Labute approximate surface area is 100 Å². The third-order valence-electron chi connectivity index (χ3n) is 3.57. The Kier molecular flexibility index (Phi) is 2.72. The van der Waals surface area contributed by atoms with Gasteiger partial charge in [-0.05, 0) is 19.8 Å². The first-order chi connectivity index (χ1) is 8.26. The van der Waals surface area contributed by atoms with Crippen LogP contribution >= 0.6 is 0 Å². The average Bonchev–Trinajstić information content (AvgIpc) is 2.68. The molecular weight excluding hydrogens is 218 g/mol. The Morgan fingerprint density at radius 1 is 1.41 bits per heavy atom. The van der Waals surface area contributed by atoms with Crippen LogP contribution in [-0.2, 0) is 11.3 Å². The molecule has 1 aromatic heterocycles. The number of rotatable bonds is 2. The number of fused-ring (bicyclic) bond motifs is 2. The molecule has 5 nitrogen and oxygen atoms in total. The highest BCUT2D eigenvalue weighted by molar-refractivity contribution is 5.34. The van der Waals surface area contributed by atoms with Crippen molar-refractivity contribution in [2.24, 2.45) is 0 Å². The van der Waals surface area contributed by atoms with Gasteiger partial charge in [0.05, 0.1) is 18.8 Å². The number of aryl methyl sites for hydroxylation is 1. The van der Waals surface area contributed by atoms with Gasteiger partial charge in [0.2, 0.25) is 5.95 Å². The molecule has 0 spiro atoms. The van der Waals surface area contributed by atoms with Crippen LogP contribution in [0.4, 0.5) is 5.95 Å². The van der Waals surface area contributed by atoms with Crippen LogP contribution in [0, 0.1) is 6.92 Å². The summed E-state index contributed by atoms with van der Waals surface area (Å²) in [6.45, 7) is 3.68. The Morgan fingerprint density at radius 2 is 2.12 bits per heavy atom. The van der Waals surface area contributed by atoms with Crippen molar-refractivity contribution in [3.05, 3.63) is 17.5 Å². The van der Waals surface area contributed by atoms with Crippen molar-refractivity contribution in [2.45, 2.75) is 38.6 Å². The van der Waals surface area contributed by atoms with E-state index in [2.05, 4.69) is 14.9 Å². The lowest BCUT2D eigenvalue weighted by Crippen LogP contribution is -2.43. The van der Waals surface area contributed by atoms with E-state index in [-0.39, 0.29) is 6.61 Å².